The molecule has 0 aromatic heterocycles. The Hall–Kier alpha value is -1.26. The molecule has 0 spiro atoms. The number of hydrogen-bond donors (Lipinski definition) is 2. The summed E-state index contributed by atoms with van der Waals surface area (Å²) >= 11 is 6.09. The molecule has 1 unspecified atom stereocenters. The summed E-state index contributed by atoms with van der Waals surface area (Å²) in [6.07, 6.45) is 2.44. The Morgan fingerprint density at radius 1 is 1.58 bits per heavy atom. The van der Waals surface area contributed by atoms with Gasteiger partial charge in [-0.1, -0.05) is 18.5 Å². The average Bonchev–Trinajstić information content (AvgIpc) is 2.84. The number of aromatic carboxylic acids is 1. The third-order valence-electron chi connectivity index (χ3n) is 3.65. The number of rotatable bonds is 5. The van der Waals surface area contributed by atoms with E-state index in [-0.39, 0.29) is 5.56 Å². The van der Waals surface area contributed by atoms with Crippen LogP contribution in [-0.4, -0.2) is 41.7 Å². The van der Waals surface area contributed by atoms with Gasteiger partial charge >= 0.3 is 5.97 Å². The lowest BCUT2D eigenvalue weighted by atomic mass is 10.2. The minimum atomic E-state index is -0.957. The van der Waals surface area contributed by atoms with Crippen molar-refractivity contribution >= 4 is 23.3 Å². The molecular weight excluding hydrogens is 264 g/mol. The van der Waals surface area contributed by atoms with Crippen LogP contribution in [0.5, 0.6) is 0 Å². The van der Waals surface area contributed by atoms with Crippen molar-refractivity contribution < 1.29 is 9.90 Å². The van der Waals surface area contributed by atoms with E-state index in [2.05, 4.69) is 17.1 Å². The zero-order valence-corrected chi connectivity index (χ0v) is 11.8. The average molecular weight is 283 g/mol. The standard InChI is InChI=1S/C14H19ClN2O2/c1-2-17-7-3-4-11(17)9-16-13-6-5-10(14(18)19)8-12(13)15/h5-6,8,11,16H,2-4,7,9H2,1H3,(H,18,19). The Morgan fingerprint density at radius 3 is 3.00 bits per heavy atom. The van der Waals surface area contributed by atoms with Gasteiger partial charge in [-0.3, -0.25) is 4.90 Å². The molecule has 1 aliphatic rings. The van der Waals surface area contributed by atoms with Crippen LogP contribution in [-0.2, 0) is 0 Å². The monoisotopic (exact) mass is 282 g/mol. The summed E-state index contributed by atoms with van der Waals surface area (Å²) in [5, 5.41) is 12.7. The highest BCUT2D eigenvalue weighted by molar-refractivity contribution is 6.33. The fourth-order valence-corrected chi connectivity index (χ4v) is 2.81. The number of carboxylic acids is 1. The van der Waals surface area contributed by atoms with Crippen LogP contribution < -0.4 is 5.32 Å². The summed E-state index contributed by atoms with van der Waals surface area (Å²) in [4.78, 5) is 13.3. The van der Waals surface area contributed by atoms with Gasteiger partial charge in [0.2, 0.25) is 0 Å². The summed E-state index contributed by atoms with van der Waals surface area (Å²) in [5.41, 5.74) is 1.02. The van der Waals surface area contributed by atoms with Crippen molar-refractivity contribution in [2.24, 2.45) is 0 Å². The number of likely N-dealkylation sites (N-methyl/N-ethyl adjacent to an activating group) is 1. The van der Waals surface area contributed by atoms with Crippen molar-refractivity contribution in [2.45, 2.75) is 25.8 Å². The molecule has 1 aromatic rings. The van der Waals surface area contributed by atoms with Crippen LogP contribution >= 0.6 is 11.6 Å². The Labute approximate surface area is 118 Å². The summed E-state index contributed by atoms with van der Waals surface area (Å²) in [5.74, 6) is -0.957. The van der Waals surface area contributed by atoms with Crippen LogP contribution in [0, 0.1) is 0 Å². The van der Waals surface area contributed by atoms with E-state index in [0.717, 1.165) is 25.3 Å². The van der Waals surface area contributed by atoms with Crippen molar-refractivity contribution in [2.75, 3.05) is 25.0 Å². The van der Waals surface area contributed by atoms with Crippen molar-refractivity contribution in [3.63, 3.8) is 0 Å². The minimum absolute atomic E-state index is 0.214. The smallest absolute Gasteiger partial charge is 0.335 e. The summed E-state index contributed by atoms with van der Waals surface area (Å²) in [6, 6.07) is 5.33. The fourth-order valence-electron chi connectivity index (χ4n) is 2.56. The number of anilines is 1. The number of hydrogen-bond acceptors (Lipinski definition) is 3. The van der Waals surface area contributed by atoms with Crippen molar-refractivity contribution in [1.82, 2.24) is 4.90 Å². The number of carbonyl (C=O) groups is 1. The zero-order valence-electron chi connectivity index (χ0n) is 11.0. The lowest BCUT2D eigenvalue weighted by Crippen LogP contribution is -2.34. The molecule has 0 amide bonds. The molecule has 0 radical (unpaired) electrons. The molecule has 1 fully saturated rings. The molecule has 0 saturated carbocycles. The van der Waals surface area contributed by atoms with Gasteiger partial charge in [-0.05, 0) is 44.1 Å². The van der Waals surface area contributed by atoms with Gasteiger partial charge in [0.15, 0.2) is 0 Å². The number of nitrogens with zero attached hydrogens (tertiary/aromatic N) is 1. The lowest BCUT2D eigenvalue weighted by molar-refractivity contribution is 0.0697. The summed E-state index contributed by atoms with van der Waals surface area (Å²) in [6.45, 7) is 5.25. The molecule has 104 valence electrons. The van der Waals surface area contributed by atoms with Crippen molar-refractivity contribution in [1.29, 1.82) is 0 Å². The normalized spacial score (nSPS) is 19.6. The van der Waals surface area contributed by atoms with Crippen LogP contribution in [0.15, 0.2) is 18.2 Å². The van der Waals surface area contributed by atoms with Gasteiger partial charge in [-0.25, -0.2) is 4.79 Å². The van der Waals surface area contributed by atoms with Crippen LogP contribution in [0.1, 0.15) is 30.1 Å². The molecule has 5 heteroatoms. The number of likely N-dealkylation sites (tertiary alicyclic amines) is 1. The van der Waals surface area contributed by atoms with Crippen molar-refractivity contribution in [3.05, 3.63) is 28.8 Å². The van der Waals surface area contributed by atoms with E-state index in [1.165, 1.54) is 18.9 Å². The molecule has 0 bridgehead atoms. The third kappa shape index (κ3) is 3.39. The predicted octanol–water partition coefficient (Wildman–Crippen LogP) is 2.93. The maximum atomic E-state index is 10.8. The SMILES string of the molecule is CCN1CCCC1CNc1ccc(C(=O)O)cc1Cl. The molecule has 1 aliphatic heterocycles. The fraction of sp³-hybridized carbons (Fsp3) is 0.500. The van der Waals surface area contributed by atoms with Gasteiger partial charge < -0.3 is 10.4 Å². The van der Waals surface area contributed by atoms with Gasteiger partial charge in [0.05, 0.1) is 16.3 Å². The summed E-state index contributed by atoms with van der Waals surface area (Å²) in [7, 11) is 0. The molecule has 19 heavy (non-hydrogen) atoms. The minimum Gasteiger partial charge on any atom is -0.478 e. The quantitative estimate of drug-likeness (QED) is 0.872. The Morgan fingerprint density at radius 2 is 2.37 bits per heavy atom. The molecule has 2 rings (SSSR count). The van der Waals surface area contributed by atoms with Gasteiger partial charge in [0.25, 0.3) is 0 Å². The topological polar surface area (TPSA) is 52.6 Å². The van der Waals surface area contributed by atoms with Crippen molar-refractivity contribution in [3.8, 4) is 0 Å². The maximum absolute atomic E-state index is 10.8. The molecule has 1 saturated heterocycles. The molecule has 1 atom stereocenters. The van der Waals surface area contributed by atoms with Crippen LogP contribution in [0.25, 0.3) is 0 Å². The first kappa shape index (κ1) is 14.2. The van der Waals surface area contributed by atoms with E-state index < -0.39 is 5.97 Å². The van der Waals surface area contributed by atoms with Gasteiger partial charge in [0, 0.05) is 12.6 Å². The van der Waals surface area contributed by atoms with Crippen LogP contribution in [0.2, 0.25) is 5.02 Å². The number of benzene rings is 1. The van der Waals surface area contributed by atoms with Gasteiger partial charge in [-0.15, -0.1) is 0 Å². The Kier molecular flexibility index (Phi) is 4.66. The van der Waals surface area contributed by atoms with E-state index in [9.17, 15) is 4.79 Å². The van der Waals surface area contributed by atoms with Crippen LogP contribution in [0.4, 0.5) is 5.69 Å². The van der Waals surface area contributed by atoms with E-state index in [4.69, 9.17) is 16.7 Å². The Balaban J connectivity index is 1.98. The first-order valence-corrected chi connectivity index (χ1v) is 7.00. The molecule has 4 nitrogen and oxygen atoms in total. The summed E-state index contributed by atoms with van der Waals surface area (Å²) < 4.78 is 0. The molecule has 0 aliphatic carbocycles. The lowest BCUT2D eigenvalue weighted by Gasteiger charge is -2.23. The van der Waals surface area contributed by atoms with Gasteiger partial charge in [0.1, 0.15) is 0 Å². The molecule has 1 heterocycles. The van der Waals surface area contributed by atoms with Gasteiger partial charge in [-0.2, -0.15) is 0 Å². The second-order valence-electron chi connectivity index (χ2n) is 4.81. The maximum Gasteiger partial charge on any atom is 0.335 e. The first-order chi connectivity index (χ1) is 9.11. The highest BCUT2D eigenvalue weighted by Gasteiger charge is 2.22. The predicted molar refractivity (Wildman–Crippen MR) is 77.2 cm³/mol. The van der Waals surface area contributed by atoms with Crippen LogP contribution in [0.3, 0.4) is 0 Å². The molecular formula is C14H19ClN2O2. The zero-order chi connectivity index (χ0) is 13.8. The van der Waals surface area contributed by atoms with E-state index in [0.29, 0.717) is 11.1 Å². The van der Waals surface area contributed by atoms with E-state index >= 15 is 0 Å². The second-order valence-corrected chi connectivity index (χ2v) is 5.21. The molecule has 1 aromatic carbocycles. The molecule has 2 N–H and O–H groups in total. The number of nitrogens with one attached hydrogen (secondary N) is 1. The largest absolute Gasteiger partial charge is 0.478 e. The Bertz CT molecular complexity index is 465. The van der Waals surface area contributed by atoms with E-state index in [1.807, 2.05) is 0 Å². The van der Waals surface area contributed by atoms with E-state index in [1.54, 1.807) is 12.1 Å². The second kappa shape index (κ2) is 6.26. The highest BCUT2D eigenvalue weighted by atomic mass is 35.5. The number of carboxylic acid groups (broad SMARTS) is 1. The third-order valence-corrected chi connectivity index (χ3v) is 3.96. The highest BCUT2D eigenvalue weighted by Crippen LogP contribution is 2.24. The first-order valence-electron chi connectivity index (χ1n) is 6.62. The number of halogens is 1.